The summed E-state index contributed by atoms with van der Waals surface area (Å²) in [7, 11) is 0. The molecule has 3 aromatic rings. The first-order valence-corrected chi connectivity index (χ1v) is 25.7. The van der Waals surface area contributed by atoms with E-state index in [4.69, 9.17) is 27.8 Å². The molecule has 3 saturated heterocycles. The van der Waals surface area contributed by atoms with E-state index >= 15 is 0 Å². The van der Waals surface area contributed by atoms with Crippen molar-refractivity contribution in [2.75, 3.05) is 26.2 Å². The van der Waals surface area contributed by atoms with Crippen molar-refractivity contribution in [2.24, 2.45) is 16.9 Å². The lowest BCUT2D eigenvalue weighted by atomic mass is 9.85. The second kappa shape index (κ2) is 23.7. The average Bonchev–Trinajstić information content (AvgIpc) is 4.05. The van der Waals surface area contributed by atoms with Gasteiger partial charge in [-0.25, -0.2) is 4.98 Å². The Kier molecular flexibility index (Phi) is 18.3. The SMILES string of the molecule is CC(=O)N1CC[C@H]2CC[C@@H](C(=O)N[C@@H](CCC(N)=O)COc3cc(C)cc(CCCC(=O)NC(C(=O)N4C[C@H](O)C[C@H]4C(=O)N[C@@H](C)c4ccc(-c5scnc5C)cc4)C(C)(C)C)c3Cl)N2C(=O)[C@@H](N)C1. The van der Waals surface area contributed by atoms with E-state index in [2.05, 4.69) is 20.9 Å². The molecule has 4 heterocycles. The molecule has 386 valence electrons. The lowest BCUT2D eigenvalue weighted by Crippen LogP contribution is -2.59. The number of amides is 7. The van der Waals surface area contributed by atoms with E-state index in [1.54, 1.807) is 32.7 Å². The quantitative estimate of drug-likeness (QED) is 0.107. The van der Waals surface area contributed by atoms with Gasteiger partial charge in [0.1, 0.15) is 36.5 Å². The minimum absolute atomic E-state index is 0.0351. The number of aryl methyl sites for hydroxylation is 3. The molecule has 18 nitrogen and oxygen atoms in total. The molecule has 8 N–H and O–H groups in total. The molecule has 0 saturated carbocycles. The first-order chi connectivity index (χ1) is 33.5. The number of carbonyl (C=O) groups is 7. The van der Waals surface area contributed by atoms with Gasteiger partial charge in [0.15, 0.2) is 0 Å². The number of hydrogen-bond acceptors (Lipinski definition) is 12. The van der Waals surface area contributed by atoms with E-state index in [0.717, 1.165) is 27.3 Å². The zero-order chi connectivity index (χ0) is 51.9. The van der Waals surface area contributed by atoms with Gasteiger partial charge in [0.25, 0.3) is 0 Å². The van der Waals surface area contributed by atoms with Gasteiger partial charge in [-0.3, -0.25) is 33.6 Å². The van der Waals surface area contributed by atoms with Crippen LogP contribution in [0.3, 0.4) is 0 Å². The topological polar surface area (TPSA) is 260 Å². The number of likely N-dealkylation sites (tertiary alicyclic amines) is 1. The van der Waals surface area contributed by atoms with Crippen LogP contribution in [-0.2, 0) is 40.0 Å². The molecule has 1 aromatic heterocycles. The number of carbonyl (C=O) groups excluding carboxylic acids is 7. The number of nitrogens with two attached hydrogens (primary N) is 2. The van der Waals surface area contributed by atoms with Crippen molar-refractivity contribution in [3.05, 3.63) is 69.3 Å². The number of nitrogens with zero attached hydrogens (tertiary/aromatic N) is 4. The van der Waals surface area contributed by atoms with E-state index in [-0.39, 0.29) is 69.3 Å². The van der Waals surface area contributed by atoms with Crippen LogP contribution >= 0.6 is 22.9 Å². The van der Waals surface area contributed by atoms with E-state index < -0.39 is 71.3 Å². The molecule has 6 rings (SSSR count). The first-order valence-electron chi connectivity index (χ1n) is 24.4. The predicted molar refractivity (Wildman–Crippen MR) is 270 cm³/mol. The molecule has 3 aliphatic heterocycles. The highest BCUT2D eigenvalue weighted by atomic mass is 35.5. The molecule has 2 aromatic carbocycles. The number of hydrogen-bond donors (Lipinski definition) is 6. The summed E-state index contributed by atoms with van der Waals surface area (Å²) in [6.07, 6.45) is 1.56. The van der Waals surface area contributed by atoms with Crippen LogP contribution in [0.2, 0.25) is 5.02 Å². The molecular weight excluding hydrogens is 950 g/mol. The second-order valence-electron chi connectivity index (χ2n) is 20.3. The Morgan fingerprint density at radius 2 is 1.68 bits per heavy atom. The number of β-amino-alcohol motifs (C(OH)–C–C–N with tert-alkyl or cyclic N) is 1. The lowest BCUT2D eigenvalue weighted by Gasteiger charge is -2.37. The van der Waals surface area contributed by atoms with Gasteiger partial charge >= 0.3 is 0 Å². The number of ether oxygens (including phenoxy) is 1. The molecule has 3 fully saturated rings. The van der Waals surface area contributed by atoms with Gasteiger partial charge in [-0.15, -0.1) is 11.3 Å². The molecule has 0 spiro atoms. The highest BCUT2D eigenvalue weighted by molar-refractivity contribution is 7.13. The Morgan fingerprint density at radius 3 is 2.32 bits per heavy atom. The maximum absolute atomic E-state index is 14.3. The lowest BCUT2D eigenvalue weighted by molar-refractivity contribution is -0.144. The van der Waals surface area contributed by atoms with Crippen molar-refractivity contribution < 1.29 is 43.4 Å². The number of rotatable bonds is 18. The summed E-state index contributed by atoms with van der Waals surface area (Å²) in [5, 5.41) is 20.0. The number of aromatic nitrogens is 1. The molecule has 3 aliphatic rings. The Morgan fingerprint density at radius 1 is 0.972 bits per heavy atom. The zero-order valence-electron chi connectivity index (χ0n) is 41.8. The van der Waals surface area contributed by atoms with E-state index in [1.807, 2.05) is 71.9 Å². The van der Waals surface area contributed by atoms with Crippen molar-refractivity contribution in [1.29, 1.82) is 0 Å². The molecular formula is C51H70ClN9O9S. The van der Waals surface area contributed by atoms with Crippen LogP contribution < -0.4 is 32.2 Å². The number of fused-ring (bicyclic) bond motifs is 1. The number of halogens is 1. The zero-order valence-corrected chi connectivity index (χ0v) is 43.4. The molecule has 20 heteroatoms. The summed E-state index contributed by atoms with van der Waals surface area (Å²) < 4.78 is 6.22. The van der Waals surface area contributed by atoms with Crippen molar-refractivity contribution in [3.63, 3.8) is 0 Å². The normalized spacial score (nSPS) is 21.6. The second-order valence-corrected chi connectivity index (χ2v) is 21.6. The van der Waals surface area contributed by atoms with E-state index in [1.165, 1.54) is 11.8 Å². The molecule has 7 amide bonds. The number of aliphatic hydroxyl groups excluding tert-OH is 1. The van der Waals surface area contributed by atoms with E-state index in [0.29, 0.717) is 55.0 Å². The van der Waals surface area contributed by atoms with Crippen LogP contribution in [0.4, 0.5) is 0 Å². The van der Waals surface area contributed by atoms with Gasteiger partial charge in [-0.2, -0.15) is 0 Å². The third-order valence-electron chi connectivity index (χ3n) is 13.7. The minimum atomic E-state index is -0.998. The summed E-state index contributed by atoms with van der Waals surface area (Å²) in [4.78, 5) is 103. The Bertz CT molecular complexity index is 2450. The number of nitrogens with one attached hydrogen (secondary N) is 3. The van der Waals surface area contributed by atoms with E-state index in [9.17, 15) is 38.7 Å². The van der Waals surface area contributed by atoms with Crippen LogP contribution in [0.5, 0.6) is 5.75 Å². The first kappa shape index (κ1) is 54.7. The Labute approximate surface area is 424 Å². The summed E-state index contributed by atoms with van der Waals surface area (Å²) in [5.74, 6) is -2.42. The van der Waals surface area contributed by atoms with Gasteiger partial charge in [-0.1, -0.05) is 62.7 Å². The van der Waals surface area contributed by atoms with Gasteiger partial charge in [0.2, 0.25) is 41.4 Å². The maximum atomic E-state index is 14.3. The smallest absolute Gasteiger partial charge is 0.246 e. The van der Waals surface area contributed by atoms with Crippen molar-refractivity contribution in [1.82, 2.24) is 35.6 Å². The molecule has 0 bridgehead atoms. The summed E-state index contributed by atoms with van der Waals surface area (Å²) >= 11 is 8.47. The highest BCUT2D eigenvalue weighted by Gasteiger charge is 2.46. The van der Waals surface area contributed by atoms with Crippen LogP contribution in [-0.4, -0.2) is 135 Å². The predicted octanol–water partition coefficient (Wildman–Crippen LogP) is 3.84. The third kappa shape index (κ3) is 13.9. The van der Waals surface area contributed by atoms with Gasteiger partial charge < -0.3 is 52.0 Å². The largest absolute Gasteiger partial charge is 0.490 e. The minimum Gasteiger partial charge on any atom is -0.490 e. The third-order valence-corrected chi connectivity index (χ3v) is 15.1. The molecule has 1 unspecified atom stereocenters. The maximum Gasteiger partial charge on any atom is 0.246 e. The van der Waals surface area contributed by atoms with Gasteiger partial charge in [-0.05, 0) is 93.0 Å². The Balaban J connectivity index is 1.04. The number of aliphatic hydroxyl groups is 1. The van der Waals surface area contributed by atoms with Crippen molar-refractivity contribution >= 4 is 64.3 Å². The van der Waals surface area contributed by atoms with Crippen LogP contribution in [0.1, 0.15) is 114 Å². The van der Waals surface area contributed by atoms with Crippen LogP contribution in [0.25, 0.3) is 10.4 Å². The van der Waals surface area contributed by atoms with Crippen molar-refractivity contribution in [2.45, 2.75) is 155 Å². The monoisotopic (exact) mass is 1020 g/mol. The number of thiazole rings is 1. The average molecular weight is 1020 g/mol. The van der Waals surface area contributed by atoms with Gasteiger partial charge in [0, 0.05) is 51.9 Å². The molecule has 71 heavy (non-hydrogen) atoms. The summed E-state index contributed by atoms with van der Waals surface area (Å²) in [6.45, 7) is 13.0. The fraction of sp³-hybridized carbons (Fsp3) is 0.569. The van der Waals surface area contributed by atoms with Gasteiger partial charge in [0.05, 0.1) is 39.3 Å². The van der Waals surface area contributed by atoms with Crippen LogP contribution in [0.15, 0.2) is 41.9 Å². The Hall–Kier alpha value is -5.63. The van der Waals surface area contributed by atoms with Crippen LogP contribution in [0, 0.1) is 19.3 Å². The standard InChI is InChI=1S/C51H70ClN9O9S/c1-28-21-34(44(52)41(22-28)70-26-35(15-18-42(54)64)57-47(66)39-17-16-36-19-20-59(31(4)62)25-38(53)49(68)61(36)39)9-8-10-43(65)58-46(51(5,6)7)50(69)60-24-37(63)23-40(60)48(67)56-29(2)32-11-13-33(14-12-32)45-30(3)55-27-71-45/h11-14,21-22,27,29,35-40,46,63H,8-10,15-20,23-26,53H2,1-7H3,(H2,54,64)(H,56,67)(H,57,66)(H,58,65)/t29-,35-,36+,37+,38-,39-,40-,46?/m0/s1. The fourth-order valence-corrected chi connectivity index (χ4v) is 10.8. The summed E-state index contributed by atoms with van der Waals surface area (Å²) in [5.41, 5.74) is 17.2. The number of primary amides is 1. The summed E-state index contributed by atoms with van der Waals surface area (Å²) in [6, 6.07) is 6.50. The molecule has 8 atom stereocenters. The fourth-order valence-electron chi connectivity index (χ4n) is 9.73. The highest BCUT2D eigenvalue weighted by Crippen LogP contribution is 2.34. The molecule has 0 radical (unpaired) electrons. The molecule has 0 aliphatic carbocycles. The number of benzene rings is 2. The van der Waals surface area contributed by atoms with Crippen molar-refractivity contribution in [3.8, 4) is 16.2 Å².